The molecule has 2 N–H and O–H groups in total. The summed E-state index contributed by atoms with van der Waals surface area (Å²) in [5.41, 5.74) is 3.73. The van der Waals surface area contributed by atoms with Crippen molar-refractivity contribution in [2.24, 2.45) is 11.8 Å². The van der Waals surface area contributed by atoms with E-state index in [9.17, 15) is 9.59 Å². The molecule has 2 aromatic carbocycles. The van der Waals surface area contributed by atoms with E-state index in [2.05, 4.69) is 42.5 Å². The molecule has 0 spiro atoms. The number of halogens is 2. The van der Waals surface area contributed by atoms with E-state index in [0.717, 1.165) is 50.7 Å². The molecule has 6 heteroatoms. The molecule has 2 aromatic rings. The summed E-state index contributed by atoms with van der Waals surface area (Å²) in [5.74, 6) is -0.280. The zero-order valence-electron chi connectivity index (χ0n) is 16.0. The molecule has 0 aliphatic heterocycles. The minimum Gasteiger partial charge on any atom is -0.326 e. The molecular formula is C22H24Br2N2O2. The van der Waals surface area contributed by atoms with Gasteiger partial charge >= 0.3 is 0 Å². The standard InChI is InChI=1S/C22H24Br2N2O2/c1-13-10-17(6-8-19(13)23)25-21(27)15-4-3-5-16(12-15)22(28)26-18-7-9-20(24)14(2)11-18/h6-11,15-16H,3-5,12H2,1-2H3,(H,25,27)(H,26,28)/t15-,16+. The number of carbonyl (C=O) groups is 2. The number of hydrogen-bond acceptors (Lipinski definition) is 2. The summed E-state index contributed by atoms with van der Waals surface area (Å²) in [5, 5.41) is 6.01. The Balaban J connectivity index is 1.60. The third-order valence-corrected chi connectivity index (χ3v) is 7.05. The first-order valence-corrected chi connectivity index (χ1v) is 11.1. The average molecular weight is 508 g/mol. The van der Waals surface area contributed by atoms with Crippen molar-refractivity contribution >= 4 is 55.0 Å². The summed E-state index contributed by atoms with van der Waals surface area (Å²) in [7, 11) is 0. The largest absolute Gasteiger partial charge is 0.326 e. The smallest absolute Gasteiger partial charge is 0.227 e. The van der Waals surface area contributed by atoms with Crippen LogP contribution in [-0.4, -0.2) is 11.8 Å². The minimum absolute atomic E-state index is 0.00120. The van der Waals surface area contributed by atoms with Gasteiger partial charge in [0.15, 0.2) is 0 Å². The molecule has 1 saturated carbocycles. The van der Waals surface area contributed by atoms with Gasteiger partial charge in [-0.05, 0) is 80.6 Å². The summed E-state index contributed by atoms with van der Waals surface area (Å²) >= 11 is 6.94. The fraction of sp³-hybridized carbons (Fsp3) is 0.364. The van der Waals surface area contributed by atoms with Crippen molar-refractivity contribution in [2.45, 2.75) is 39.5 Å². The Morgan fingerprint density at radius 3 is 1.64 bits per heavy atom. The maximum absolute atomic E-state index is 12.7. The van der Waals surface area contributed by atoms with E-state index in [1.54, 1.807) is 0 Å². The fourth-order valence-corrected chi connectivity index (χ4v) is 4.09. The molecule has 0 aromatic heterocycles. The van der Waals surface area contributed by atoms with Gasteiger partial charge in [0, 0.05) is 32.2 Å². The summed E-state index contributed by atoms with van der Waals surface area (Å²) in [6.07, 6.45) is 3.11. The van der Waals surface area contributed by atoms with Gasteiger partial charge in [-0.15, -0.1) is 0 Å². The molecule has 3 rings (SSSR count). The maximum atomic E-state index is 12.7. The maximum Gasteiger partial charge on any atom is 0.227 e. The number of amides is 2. The molecule has 28 heavy (non-hydrogen) atoms. The molecule has 0 bridgehead atoms. The second-order valence-corrected chi connectivity index (χ2v) is 9.18. The molecule has 1 fully saturated rings. The topological polar surface area (TPSA) is 58.2 Å². The van der Waals surface area contributed by atoms with Crippen LogP contribution in [-0.2, 0) is 9.59 Å². The number of aryl methyl sites for hydroxylation is 2. The summed E-state index contributed by atoms with van der Waals surface area (Å²) in [4.78, 5) is 25.4. The van der Waals surface area contributed by atoms with Crippen molar-refractivity contribution < 1.29 is 9.59 Å². The van der Waals surface area contributed by atoms with Crippen LogP contribution in [0.25, 0.3) is 0 Å². The van der Waals surface area contributed by atoms with E-state index < -0.39 is 0 Å². The zero-order valence-corrected chi connectivity index (χ0v) is 19.2. The van der Waals surface area contributed by atoms with Gasteiger partial charge in [-0.1, -0.05) is 38.3 Å². The van der Waals surface area contributed by atoms with Crippen molar-refractivity contribution in [3.63, 3.8) is 0 Å². The molecule has 0 saturated heterocycles. The summed E-state index contributed by atoms with van der Waals surface area (Å²) in [6.45, 7) is 3.98. The van der Waals surface area contributed by atoms with Crippen molar-refractivity contribution in [2.75, 3.05) is 10.6 Å². The van der Waals surface area contributed by atoms with Crippen LogP contribution in [0.2, 0.25) is 0 Å². The molecule has 148 valence electrons. The average Bonchev–Trinajstić information content (AvgIpc) is 2.67. The fourth-order valence-electron chi connectivity index (χ4n) is 3.60. The number of anilines is 2. The molecule has 1 aliphatic carbocycles. The lowest BCUT2D eigenvalue weighted by atomic mass is 9.80. The highest BCUT2D eigenvalue weighted by Crippen LogP contribution is 2.31. The van der Waals surface area contributed by atoms with Crippen LogP contribution in [0, 0.1) is 25.7 Å². The molecule has 2 atom stereocenters. The number of hydrogen-bond donors (Lipinski definition) is 2. The first kappa shape index (κ1) is 21.1. The van der Waals surface area contributed by atoms with Gasteiger partial charge in [0.2, 0.25) is 11.8 Å². The normalized spacial score (nSPS) is 19.1. The van der Waals surface area contributed by atoms with Crippen LogP contribution in [0.15, 0.2) is 45.3 Å². The molecule has 0 unspecified atom stereocenters. The molecule has 1 aliphatic rings. The lowest BCUT2D eigenvalue weighted by Gasteiger charge is -2.27. The highest BCUT2D eigenvalue weighted by atomic mass is 79.9. The zero-order chi connectivity index (χ0) is 20.3. The second-order valence-electron chi connectivity index (χ2n) is 7.47. The summed E-state index contributed by atoms with van der Waals surface area (Å²) < 4.78 is 2.03. The van der Waals surface area contributed by atoms with Crippen molar-refractivity contribution in [1.82, 2.24) is 0 Å². The Morgan fingerprint density at radius 2 is 1.25 bits per heavy atom. The third-order valence-electron chi connectivity index (χ3n) is 5.27. The van der Waals surface area contributed by atoms with Crippen LogP contribution < -0.4 is 10.6 Å². The van der Waals surface area contributed by atoms with E-state index in [4.69, 9.17) is 0 Å². The Bertz CT molecular complexity index is 827. The highest BCUT2D eigenvalue weighted by molar-refractivity contribution is 9.10. The van der Waals surface area contributed by atoms with E-state index in [-0.39, 0.29) is 23.7 Å². The first-order chi connectivity index (χ1) is 13.3. The van der Waals surface area contributed by atoms with Crippen molar-refractivity contribution in [1.29, 1.82) is 0 Å². The molecule has 0 heterocycles. The Labute approximate surface area is 182 Å². The lowest BCUT2D eigenvalue weighted by Crippen LogP contribution is -2.33. The van der Waals surface area contributed by atoms with Crippen LogP contribution in [0.5, 0.6) is 0 Å². The lowest BCUT2D eigenvalue weighted by molar-refractivity contribution is -0.124. The predicted molar refractivity (Wildman–Crippen MR) is 120 cm³/mol. The van der Waals surface area contributed by atoms with Crippen LogP contribution in [0.3, 0.4) is 0 Å². The van der Waals surface area contributed by atoms with Gasteiger partial charge in [0.1, 0.15) is 0 Å². The van der Waals surface area contributed by atoms with Gasteiger partial charge in [-0.2, -0.15) is 0 Å². The Hall–Kier alpha value is -1.66. The Kier molecular flexibility index (Phi) is 6.94. The Morgan fingerprint density at radius 1 is 0.821 bits per heavy atom. The summed E-state index contributed by atoms with van der Waals surface area (Å²) in [6, 6.07) is 11.5. The number of carbonyl (C=O) groups excluding carboxylic acids is 2. The SMILES string of the molecule is Cc1cc(NC(=O)[C@@H]2CCC[C@H](C(=O)Nc3ccc(Br)c(C)c3)C2)ccc1Br. The van der Waals surface area contributed by atoms with Gasteiger partial charge in [-0.25, -0.2) is 0 Å². The van der Waals surface area contributed by atoms with Gasteiger partial charge < -0.3 is 10.6 Å². The second kappa shape index (κ2) is 9.23. The van der Waals surface area contributed by atoms with E-state index >= 15 is 0 Å². The van der Waals surface area contributed by atoms with Crippen LogP contribution in [0.4, 0.5) is 11.4 Å². The molecule has 0 radical (unpaired) electrons. The van der Waals surface area contributed by atoms with Crippen LogP contribution in [0.1, 0.15) is 36.8 Å². The predicted octanol–water partition coefficient (Wildman–Crippen LogP) is 6.21. The molecule has 4 nitrogen and oxygen atoms in total. The van der Waals surface area contributed by atoms with Crippen LogP contribution >= 0.6 is 31.9 Å². The molecular weight excluding hydrogens is 484 g/mol. The highest BCUT2D eigenvalue weighted by Gasteiger charge is 2.31. The number of rotatable bonds is 4. The van der Waals surface area contributed by atoms with E-state index in [1.807, 2.05) is 50.2 Å². The number of benzene rings is 2. The van der Waals surface area contributed by atoms with E-state index in [0.29, 0.717) is 6.42 Å². The van der Waals surface area contributed by atoms with Crippen molar-refractivity contribution in [3.05, 3.63) is 56.5 Å². The monoisotopic (exact) mass is 506 g/mol. The third kappa shape index (κ3) is 5.23. The van der Waals surface area contributed by atoms with Gasteiger partial charge in [-0.3, -0.25) is 9.59 Å². The quantitative estimate of drug-likeness (QED) is 0.516. The minimum atomic E-state index is -0.139. The van der Waals surface area contributed by atoms with Gasteiger partial charge in [0.05, 0.1) is 0 Å². The first-order valence-electron chi connectivity index (χ1n) is 9.47. The van der Waals surface area contributed by atoms with Crippen molar-refractivity contribution in [3.8, 4) is 0 Å². The molecule has 2 amide bonds. The van der Waals surface area contributed by atoms with E-state index in [1.165, 1.54) is 0 Å². The number of nitrogens with one attached hydrogen (secondary N) is 2. The van der Waals surface area contributed by atoms with Gasteiger partial charge in [0.25, 0.3) is 0 Å².